The third-order valence-electron chi connectivity index (χ3n) is 19.3. The summed E-state index contributed by atoms with van der Waals surface area (Å²) in [5.74, 6) is 0.964. The molecule has 9 aromatic carbocycles. The van der Waals surface area contributed by atoms with Gasteiger partial charge in [-0.15, -0.1) is 0 Å². The van der Waals surface area contributed by atoms with Gasteiger partial charge in [0.15, 0.2) is 0 Å². The lowest BCUT2D eigenvalue weighted by Crippen LogP contribution is -2.33. The number of hydrogen-bond acceptors (Lipinski definition) is 12. The number of carboxylic acid groups (broad SMARTS) is 1. The van der Waals surface area contributed by atoms with Crippen LogP contribution < -0.4 is 41.9 Å². The Hall–Kier alpha value is -9.76. The topological polar surface area (TPSA) is 251 Å². The molecule has 2 aliphatic carbocycles. The summed E-state index contributed by atoms with van der Waals surface area (Å²) in [5, 5.41) is 36.8. The number of ether oxygens (including phenoxy) is 4. The molecule has 12 aromatic rings. The highest BCUT2D eigenvalue weighted by Crippen LogP contribution is 2.36. The van der Waals surface area contributed by atoms with Gasteiger partial charge in [0.2, 0.25) is 16.7 Å². The number of carbonyl (C=O) groups is 1. The zero-order valence-corrected chi connectivity index (χ0v) is 65.3. The zero-order valence-electron chi connectivity index (χ0n) is 62.1. The molecule has 18 heteroatoms. The van der Waals surface area contributed by atoms with Crippen LogP contribution in [-0.2, 0) is 75.9 Å². The van der Waals surface area contributed by atoms with Crippen molar-refractivity contribution in [2.24, 2.45) is 5.73 Å². The lowest BCUT2D eigenvalue weighted by molar-refractivity contribution is 0.0222. The van der Waals surface area contributed by atoms with Gasteiger partial charge in [-0.25, -0.2) is 4.79 Å². The third kappa shape index (κ3) is 21.8. The number of aliphatic hydroxyl groups excluding tert-OH is 2. The van der Waals surface area contributed by atoms with Gasteiger partial charge in [0.25, 0.3) is 0 Å². The molecule has 9 N–H and O–H groups in total. The highest BCUT2D eigenvalue weighted by molar-refractivity contribution is 9.09. The summed E-state index contributed by atoms with van der Waals surface area (Å²) < 4.78 is 23.9. The van der Waals surface area contributed by atoms with Crippen molar-refractivity contribution in [2.75, 3.05) is 17.2 Å². The summed E-state index contributed by atoms with van der Waals surface area (Å²) >= 11 is 6.81. The summed E-state index contributed by atoms with van der Waals surface area (Å²) in [6.07, 6.45) is 7.18. The van der Waals surface area contributed by atoms with E-state index < -0.39 is 18.2 Å². The first-order valence-electron chi connectivity index (χ1n) is 37.0. The third-order valence-corrected chi connectivity index (χ3v) is 20.5. The SMILES string of the molecule is CC(C)O[C@@H](CBr)c1ccc(OCc2ccccc2)c2[nH]c(=O)ccc12.CCc1cc2c(cc1CC)CC(N)C2.CCc1cc2c(cc1CC)CC(NC[C@H](O)c1ccc(OCc3ccccc3)c3[nH]c(=O)ccc13)C2.O=C(O)c1ccccc1.O=c1ccc2c([C@@H](O)CBr)ccc(OCc3ccccc3)c2[nH]1. The number of aliphatic hydroxyl groups is 2. The molecular weight excluding hydrogens is 1490 g/mol. The Balaban J connectivity index is 0.000000153. The molecule has 562 valence electrons. The first-order valence-corrected chi connectivity index (χ1v) is 39.3. The van der Waals surface area contributed by atoms with Gasteiger partial charge in [0.05, 0.1) is 46.5 Å². The van der Waals surface area contributed by atoms with Crippen molar-refractivity contribution in [2.45, 2.75) is 149 Å². The molecule has 0 fully saturated rings. The van der Waals surface area contributed by atoms with Crippen LogP contribution in [0.2, 0.25) is 0 Å². The molecule has 16 nitrogen and oxygen atoms in total. The minimum absolute atomic E-state index is 0.101. The van der Waals surface area contributed by atoms with Crippen LogP contribution in [0.25, 0.3) is 32.7 Å². The number of halogens is 2. The predicted molar refractivity (Wildman–Crippen MR) is 441 cm³/mol. The van der Waals surface area contributed by atoms with Crippen LogP contribution in [-0.4, -0.2) is 71.6 Å². The molecule has 0 spiro atoms. The molecule has 0 amide bonds. The largest absolute Gasteiger partial charge is 0.487 e. The van der Waals surface area contributed by atoms with Crippen LogP contribution in [0, 0.1) is 0 Å². The molecule has 0 unspecified atom stereocenters. The fourth-order valence-electron chi connectivity index (χ4n) is 13.8. The van der Waals surface area contributed by atoms with Crippen LogP contribution in [0.5, 0.6) is 17.2 Å². The normalized spacial score (nSPS) is 13.1. The second-order valence-corrected chi connectivity index (χ2v) is 28.5. The maximum atomic E-state index is 12.1. The molecule has 0 aliphatic heterocycles. The Morgan fingerprint density at radius 2 is 0.806 bits per heavy atom. The second kappa shape index (κ2) is 39.9. The zero-order chi connectivity index (χ0) is 76.6. The van der Waals surface area contributed by atoms with Gasteiger partial charge in [0, 0.05) is 63.6 Å². The Kier molecular flexibility index (Phi) is 29.8. The van der Waals surface area contributed by atoms with E-state index in [2.05, 4.69) is 104 Å². The molecule has 14 rings (SSSR count). The number of fused-ring (bicyclic) bond motifs is 5. The van der Waals surface area contributed by atoms with Crippen molar-refractivity contribution >= 4 is 70.5 Å². The average Bonchev–Trinajstić information content (AvgIpc) is 1.15. The maximum absolute atomic E-state index is 12.1. The number of nitrogens with two attached hydrogens (primary N) is 1. The number of H-pyrrole nitrogens is 3. The Labute approximate surface area is 648 Å². The summed E-state index contributed by atoms with van der Waals surface area (Å²) in [4.78, 5) is 54.5. The summed E-state index contributed by atoms with van der Waals surface area (Å²) in [6.45, 7) is 14.6. The number of carboxylic acids is 1. The van der Waals surface area contributed by atoms with E-state index in [0.717, 1.165) is 101 Å². The fourth-order valence-corrected chi connectivity index (χ4v) is 14.6. The Morgan fingerprint density at radius 1 is 0.463 bits per heavy atom. The summed E-state index contributed by atoms with van der Waals surface area (Å²) in [5.41, 5.74) is 25.2. The lowest BCUT2D eigenvalue weighted by atomic mass is 9.97. The Morgan fingerprint density at radius 3 is 1.14 bits per heavy atom. The summed E-state index contributed by atoms with van der Waals surface area (Å²) in [6, 6.07) is 69.2. The van der Waals surface area contributed by atoms with Crippen molar-refractivity contribution < 1.29 is 39.1 Å². The molecule has 108 heavy (non-hydrogen) atoms. The number of aromatic amines is 3. The van der Waals surface area contributed by atoms with E-state index in [9.17, 15) is 29.4 Å². The first kappa shape index (κ1) is 80.8. The molecule has 3 atom stereocenters. The van der Waals surface area contributed by atoms with E-state index in [4.69, 9.17) is 29.8 Å². The molecule has 0 saturated carbocycles. The highest BCUT2D eigenvalue weighted by Gasteiger charge is 2.26. The van der Waals surface area contributed by atoms with E-state index >= 15 is 0 Å². The van der Waals surface area contributed by atoms with Crippen molar-refractivity contribution in [3.63, 3.8) is 0 Å². The van der Waals surface area contributed by atoms with Gasteiger partial charge in [-0.1, -0.05) is 211 Å². The number of aryl methyl sites for hydroxylation is 4. The van der Waals surface area contributed by atoms with Gasteiger partial charge < -0.3 is 60.3 Å². The van der Waals surface area contributed by atoms with E-state index in [0.29, 0.717) is 88.5 Å². The van der Waals surface area contributed by atoms with Gasteiger partial charge in [-0.2, -0.15) is 0 Å². The first-order chi connectivity index (χ1) is 52.4. The van der Waals surface area contributed by atoms with Crippen LogP contribution in [0.4, 0.5) is 0 Å². The summed E-state index contributed by atoms with van der Waals surface area (Å²) in [7, 11) is 0. The van der Waals surface area contributed by atoms with Crippen LogP contribution >= 0.6 is 31.9 Å². The lowest BCUT2D eigenvalue weighted by Gasteiger charge is -2.21. The van der Waals surface area contributed by atoms with E-state index in [1.54, 1.807) is 48.5 Å². The number of rotatable bonds is 24. The number of hydrogen-bond donors (Lipinski definition) is 8. The van der Waals surface area contributed by atoms with Crippen molar-refractivity contribution in [1.29, 1.82) is 0 Å². The molecule has 0 radical (unpaired) electrons. The second-order valence-electron chi connectivity index (χ2n) is 27.2. The number of aromatic nitrogens is 3. The molecule has 0 bridgehead atoms. The molecular formula is C90H97Br2N5O11. The number of alkyl halides is 2. The van der Waals surface area contributed by atoms with Gasteiger partial charge in [-0.3, -0.25) is 14.4 Å². The van der Waals surface area contributed by atoms with Gasteiger partial charge in [-0.05, 0) is 192 Å². The smallest absolute Gasteiger partial charge is 0.335 e. The number of pyridine rings is 3. The standard InChI is InChI=1S/C31H34N2O3.C21H22BrNO3.C18H16BrNO3.C13H19N.C7H6O2/c1-3-21-14-23-16-25(17-24(23)15-22(21)4-2)32-18-28(34)26-10-12-29(31-27(26)11-13-30(35)33-31)36-19-20-8-6-5-7-9-20;1-14(2)26-19(12-22)16-8-10-18(21-17(16)9-11-20(24)23-21)25-13-15-6-4-3-5-7-15;19-10-15(21)13-6-8-16(18-14(13)7-9-17(22)20-18)23-11-12-4-2-1-3-5-12;1-3-9-5-11-7-13(14)8-12(11)6-10(9)4-2;8-7(9)6-4-2-1-3-5-6/h5-15,25,28,32,34H,3-4,16-19H2,1-2H3,(H,33,35);3-11,14,19H,12-13H2,1-2H3,(H,23,24);1-9,15,21H,10-11H2,(H,20,22);5-6,13H,3-4,7-8,14H2,1-2H3;1-5H,(H,8,9)/t28-;19-;15-;;/m000../s1. The van der Waals surface area contributed by atoms with Crippen molar-refractivity contribution in [3.8, 4) is 17.2 Å². The highest BCUT2D eigenvalue weighted by atomic mass is 79.9. The minimum atomic E-state index is -0.879. The van der Waals surface area contributed by atoms with E-state index in [-0.39, 0.29) is 28.9 Å². The minimum Gasteiger partial charge on any atom is -0.487 e. The fraction of sp³-hybridized carbons (Fsp3) is 0.289. The van der Waals surface area contributed by atoms with Crippen molar-refractivity contribution in [3.05, 3.63) is 333 Å². The number of benzene rings is 9. The Bertz CT molecular complexity index is 5050. The van der Waals surface area contributed by atoms with Gasteiger partial charge >= 0.3 is 5.97 Å². The molecule has 3 aromatic heterocycles. The van der Waals surface area contributed by atoms with Gasteiger partial charge in [0.1, 0.15) is 37.1 Å². The van der Waals surface area contributed by atoms with Crippen LogP contribution in [0.3, 0.4) is 0 Å². The molecule has 3 heterocycles. The predicted octanol–water partition coefficient (Wildman–Crippen LogP) is 17.1. The average molecular weight is 1580 g/mol. The van der Waals surface area contributed by atoms with Crippen LogP contribution in [0.1, 0.15) is 148 Å². The molecule has 2 aliphatic rings. The van der Waals surface area contributed by atoms with E-state index in [1.165, 1.54) is 62.7 Å². The number of aromatic carboxylic acids is 1. The molecule has 0 saturated heterocycles. The monoisotopic (exact) mass is 1580 g/mol. The quantitative estimate of drug-likeness (QED) is 0.0263. The van der Waals surface area contributed by atoms with Crippen molar-refractivity contribution in [1.82, 2.24) is 20.3 Å². The van der Waals surface area contributed by atoms with Crippen LogP contribution in [0.15, 0.2) is 233 Å². The maximum Gasteiger partial charge on any atom is 0.335 e. The number of nitrogens with one attached hydrogen (secondary N) is 4. The van der Waals surface area contributed by atoms with E-state index in [1.807, 2.05) is 141 Å².